The highest BCUT2D eigenvalue weighted by Gasteiger charge is 2.20. The molecule has 1 aliphatic heterocycles. The van der Waals surface area contributed by atoms with E-state index in [2.05, 4.69) is 0 Å². The van der Waals surface area contributed by atoms with E-state index in [1.807, 2.05) is 17.0 Å². The van der Waals surface area contributed by atoms with Crippen molar-refractivity contribution < 1.29 is 9.59 Å². The molecule has 1 saturated heterocycles. The van der Waals surface area contributed by atoms with E-state index in [-0.39, 0.29) is 11.8 Å². The van der Waals surface area contributed by atoms with Gasteiger partial charge in [-0.1, -0.05) is 11.6 Å². The molecule has 1 fully saturated rings. The Labute approximate surface area is 121 Å². The van der Waals surface area contributed by atoms with Gasteiger partial charge in [-0.3, -0.25) is 9.59 Å². The lowest BCUT2D eigenvalue weighted by atomic mass is 10.3. The lowest BCUT2D eigenvalue weighted by molar-refractivity contribution is -0.132. The smallest absolute Gasteiger partial charge is 0.227 e. The lowest BCUT2D eigenvalue weighted by Gasteiger charge is -2.21. The fourth-order valence-electron chi connectivity index (χ4n) is 2.19. The Balaban J connectivity index is 1.91. The number of halogens is 1. The molecule has 0 aromatic carbocycles. The number of hydrogen-bond acceptors (Lipinski definition) is 3. The van der Waals surface area contributed by atoms with Gasteiger partial charge in [0.1, 0.15) is 0 Å². The summed E-state index contributed by atoms with van der Waals surface area (Å²) < 4.78 is 0.710. The van der Waals surface area contributed by atoms with Gasteiger partial charge in [-0.15, -0.1) is 11.3 Å². The molecule has 0 radical (unpaired) electrons. The van der Waals surface area contributed by atoms with Crippen molar-refractivity contribution in [2.75, 3.05) is 26.2 Å². The molecule has 0 atom stereocenters. The number of hydrogen-bond donors (Lipinski definition) is 0. The maximum Gasteiger partial charge on any atom is 0.227 e. The Morgan fingerprint density at radius 3 is 2.53 bits per heavy atom. The van der Waals surface area contributed by atoms with Crippen molar-refractivity contribution in [3.8, 4) is 0 Å². The molecule has 1 aromatic heterocycles. The van der Waals surface area contributed by atoms with E-state index in [9.17, 15) is 9.59 Å². The van der Waals surface area contributed by atoms with Crippen molar-refractivity contribution in [3.63, 3.8) is 0 Å². The van der Waals surface area contributed by atoms with Gasteiger partial charge >= 0.3 is 0 Å². The predicted molar refractivity (Wildman–Crippen MR) is 76.5 cm³/mol. The van der Waals surface area contributed by atoms with Crippen LogP contribution in [-0.4, -0.2) is 47.8 Å². The van der Waals surface area contributed by atoms with Gasteiger partial charge in [0.25, 0.3) is 0 Å². The molecule has 0 unspecified atom stereocenters. The number of rotatable bonds is 2. The van der Waals surface area contributed by atoms with Crippen molar-refractivity contribution in [2.45, 2.75) is 19.8 Å². The van der Waals surface area contributed by atoms with Gasteiger partial charge in [0.05, 0.1) is 10.8 Å². The number of carbonyl (C=O) groups excluding carboxylic acids is 2. The second-order valence-corrected chi connectivity index (χ2v) is 6.42. The van der Waals surface area contributed by atoms with E-state index in [1.165, 1.54) is 11.3 Å². The maximum atomic E-state index is 12.2. The van der Waals surface area contributed by atoms with Gasteiger partial charge in [-0.05, 0) is 18.6 Å². The van der Waals surface area contributed by atoms with Crippen LogP contribution >= 0.6 is 22.9 Å². The van der Waals surface area contributed by atoms with Crippen molar-refractivity contribution in [1.29, 1.82) is 0 Å². The van der Waals surface area contributed by atoms with Gasteiger partial charge in [0.2, 0.25) is 11.8 Å². The summed E-state index contributed by atoms with van der Waals surface area (Å²) in [6.07, 6.45) is 1.24. The standard InChI is InChI=1S/C13H17ClN2O2S/c1-10(17)15-5-2-6-16(8-7-15)13(18)9-11-3-4-12(14)19-11/h3-4H,2,5-9H2,1H3. The molecule has 2 amide bonds. The van der Waals surface area contributed by atoms with Crippen LogP contribution in [0.15, 0.2) is 12.1 Å². The molecular weight excluding hydrogens is 284 g/mol. The monoisotopic (exact) mass is 300 g/mol. The van der Waals surface area contributed by atoms with Crippen LogP contribution in [0.3, 0.4) is 0 Å². The molecule has 104 valence electrons. The summed E-state index contributed by atoms with van der Waals surface area (Å²) in [6.45, 7) is 4.29. The minimum atomic E-state index is 0.0827. The highest BCUT2D eigenvalue weighted by molar-refractivity contribution is 7.16. The van der Waals surface area contributed by atoms with E-state index in [0.717, 1.165) is 24.4 Å². The van der Waals surface area contributed by atoms with Crippen LogP contribution in [0.2, 0.25) is 4.34 Å². The molecular formula is C13H17ClN2O2S. The van der Waals surface area contributed by atoms with Crippen LogP contribution in [0.4, 0.5) is 0 Å². The fourth-order valence-corrected chi connectivity index (χ4v) is 3.27. The molecule has 1 aliphatic rings. The summed E-state index contributed by atoms with van der Waals surface area (Å²) in [5.41, 5.74) is 0. The topological polar surface area (TPSA) is 40.6 Å². The van der Waals surface area contributed by atoms with E-state index >= 15 is 0 Å². The van der Waals surface area contributed by atoms with Crippen LogP contribution in [0.1, 0.15) is 18.2 Å². The largest absolute Gasteiger partial charge is 0.341 e. The summed E-state index contributed by atoms with van der Waals surface area (Å²) in [5, 5.41) is 0. The Kier molecular flexibility index (Phi) is 4.82. The summed E-state index contributed by atoms with van der Waals surface area (Å²) in [5.74, 6) is 0.197. The molecule has 6 heteroatoms. The molecule has 0 spiro atoms. The number of nitrogens with zero attached hydrogens (tertiary/aromatic N) is 2. The lowest BCUT2D eigenvalue weighted by Crippen LogP contribution is -2.37. The average molecular weight is 301 g/mol. The van der Waals surface area contributed by atoms with Gasteiger partial charge < -0.3 is 9.80 Å². The summed E-state index contributed by atoms with van der Waals surface area (Å²) in [6, 6.07) is 3.71. The van der Waals surface area contributed by atoms with Gasteiger partial charge in [0, 0.05) is 38.0 Å². The molecule has 0 saturated carbocycles. The van der Waals surface area contributed by atoms with E-state index in [4.69, 9.17) is 11.6 Å². The Bertz CT molecular complexity index is 475. The first-order valence-corrected chi connectivity index (χ1v) is 7.53. The van der Waals surface area contributed by atoms with Gasteiger partial charge in [-0.25, -0.2) is 0 Å². The fraction of sp³-hybridized carbons (Fsp3) is 0.538. The van der Waals surface area contributed by atoms with Crippen molar-refractivity contribution in [2.24, 2.45) is 0 Å². The van der Waals surface area contributed by atoms with Crippen LogP contribution in [0.25, 0.3) is 0 Å². The molecule has 19 heavy (non-hydrogen) atoms. The number of amides is 2. The first-order chi connectivity index (χ1) is 9.06. The highest BCUT2D eigenvalue weighted by Crippen LogP contribution is 2.22. The molecule has 0 aliphatic carbocycles. The molecule has 0 N–H and O–H groups in total. The quantitative estimate of drug-likeness (QED) is 0.838. The van der Waals surface area contributed by atoms with Crippen LogP contribution in [-0.2, 0) is 16.0 Å². The van der Waals surface area contributed by atoms with Crippen LogP contribution in [0.5, 0.6) is 0 Å². The molecule has 4 nitrogen and oxygen atoms in total. The Hall–Kier alpha value is -1.07. The molecule has 2 heterocycles. The van der Waals surface area contributed by atoms with Crippen LogP contribution in [0, 0.1) is 0 Å². The zero-order valence-corrected chi connectivity index (χ0v) is 12.5. The maximum absolute atomic E-state index is 12.2. The van der Waals surface area contributed by atoms with E-state index in [0.29, 0.717) is 23.8 Å². The Morgan fingerprint density at radius 1 is 1.21 bits per heavy atom. The van der Waals surface area contributed by atoms with Crippen molar-refractivity contribution >= 4 is 34.8 Å². The summed E-state index contributed by atoms with van der Waals surface area (Å²) in [4.78, 5) is 28.2. The van der Waals surface area contributed by atoms with Crippen molar-refractivity contribution in [1.82, 2.24) is 9.80 Å². The third kappa shape index (κ3) is 3.94. The highest BCUT2D eigenvalue weighted by atomic mass is 35.5. The van der Waals surface area contributed by atoms with Gasteiger partial charge in [0.15, 0.2) is 0 Å². The zero-order valence-electron chi connectivity index (χ0n) is 10.9. The first-order valence-electron chi connectivity index (χ1n) is 6.34. The van der Waals surface area contributed by atoms with E-state index in [1.54, 1.807) is 11.8 Å². The molecule has 1 aromatic rings. The normalized spacial score (nSPS) is 16.3. The number of carbonyl (C=O) groups is 2. The minimum Gasteiger partial charge on any atom is -0.341 e. The average Bonchev–Trinajstić information content (AvgIpc) is 2.65. The molecule has 0 bridgehead atoms. The van der Waals surface area contributed by atoms with Crippen LogP contribution < -0.4 is 0 Å². The summed E-state index contributed by atoms with van der Waals surface area (Å²) >= 11 is 7.30. The second-order valence-electron chi connectivity index (χ2n) is 4.62. The molecule has 2 rings (SSSR count). The third-order valence-electron chi connectivity index (χ3n) is 3.25. The zero-order chi connectivity index (χ0) is 13.8. The van der Waals surface area contributed by atoms with Gasteiger partial charge in [-0.2, -0.15) is 0 Å². The van der Waals surface area contributed by atoms with Crippen molar-refractivity contribution in [3.05, 3.63) is 21.3 Å². The third-order valence-corrected chi connectivity index (χ3v) is 4.48. The first kappa shape index (κ1) is 14.3. The second kappa shape index (κ2) is 6.39. The minimum absolute atomic E-state index is 0.0827. The van der Waals surface area contributed by atoms with E-state index < -0.39 is 0 Å². The Morgan fingerprint density at radius 2 is 1.89 bits per heavy atom. The SMILES string of the molecule is CC(=O)N1CCCN(C(=O)Cc2ccc(Cl)s2)CC1. The predicted octanol–water partition coefficient (Wildman–Crippen LogP) is 2.02. The number of thiophene rings is 1. The summed E-state index contributed by atoms with van der Waals surface area (Å²) in [7, 11) is 0.